The molecule has 4 nitrogen and oxygen atoms in total. The third kappa shape index (κ3) is 2.83. The minimum Gasteiger partial charge on any atom is -0.334 e. The second-order valence-electron chi connectivity index (χ2n) is 6.28. The van der Waals surface area contributed by atoms with Crippen LogP contribution in [-0.4, -0.2) is 10.1 Å². The summed E-state index contributed by atoms with van der Waals surface area (Å²) in [7, 11) is 0. The highest BCUT2D eigenvalue weighted by Gasteiger charge is 2.36. The molecule has 0 amide bonds. The first kappa shape index (κ1) is 14.2. The average molecular weight is 289 g/mol. The molecule has 0 saturated heterocycles. The van der Waals surface area contributed by atoms with E-state index < -0.39 is 5.54 Å². The summed E-state index contributed by atoms with van der Waals surface area (Å²) in [5.41, 5.74) is 7.33. The van der Waals surface area contributed by atoms with Gasteiger partial charge >= 0.3 is 0 Å². The average Bonchev–Trinajstić information content (AvgIpc) is 2.92. The van der Waals surface area contributed by atoms with E-state index in [2.05, 4.69) is 17.1 Å². The van der Waals surface area contributed by atoms with Crippen LogP contribution in [0.4, 0.5) is 4.39 Å². The molecule has 1 aromatic carbocycles. The lowest BCUT2D eigenvalue weighted by Gasteiger charge is -2.33. The molecule has 1 fully saturated rings. The van der Waals surface area contributed by atoms with Crippen LogP contribution in [-0.2, 0) is 5.54 Å². The number of halogens is 1. The highest BCUT2D eigenvalue weighted by atomic mass is 19.1. The van der Waals surface area contributed by atoms with Crippen LogP contribution in [0.5, 0.6) is 0 Å². The standard InChI is InChI=1S/C16H20FN3O/c1-10-3-5-16(18,6-4-10)15-19-14(21-20-15)12-7-11(2)8-13(17)9-12/h7-10H,3-6,18H2,1-2H3. The van der Waals surface area contributed by atoms with Gasteiger partial charge in [0, 0.05) is 5.56 Å². The molecule has 0 atom stereocenters. The number of hydrogen-bond acceptors (Lipinski definition) is 4. The molecule has 5 heteroatoms. The van der Waals surface area contributed by atoms with E-state index in [1.807, 2.05) is 13.0 Å². The van der Waals surface area contributed by atoms with Gasteiger partial charge < -0.3 is 10.3 Å². The number of benzene rings is 1. The first-order valence-corrected chi connectivity index (χ1v) is 7.37. The quantitative estimate of drug-likeness (QED) is 0.918. The zero-order valence-electron chi connectivity index (χ0n) is 12.4. The van der Waals surface area contributed by atoms with Crippen LogP contribution >= 0.6 is 0 Å². The zero-order valence-corrected chi connectivity index (χ0v) is 12.4. The second kappa shape index (κ2) is 5.22. The highest BCUT2D eigenvalue weighted by Crippen LogP contribution is 2.36. The van der Waals surface area contributed by atoms with Gasteiger partial charge in [0.05, 0.1) is 5.54 Å². The molecular weight excluding hydrogens is 269 g/mol. The number of hydrogen-bond donors (Lipinski definition) is 1. The predicted molar refractivity (Wildman–Crippen MR) is 77.9 cm³/mol. The molecule has 21 heavy (non-hydrogen) atoms. The third-order valence-corrected chi connectivity index (χ3v) is 4.33. The molecule has 1 aromatic heterocycles. The van der Waals surface area contributed by atoms with E-state index in [4.69, 9.17) is 10.3 Å². The van der Waals surface area contributed by atoms with Gasteiger partial charge in [-0.1, -0.05) is 12.1 Å². The smallest absolute Gasteiger partial charge is 0.258 e. The Balaban J connectivity index is 1.89. The summed E-state index contributed by atoms with van der Waals surface area (Å²) in [5.74, 6) is 1.25. The molecule has 2 N–H and O–H groups in total. The van der Waals surface area contributed by atoms with Crippen molar-refractivity contribution in [3.05, 3.63) is 35.4 Å². The molecule has 3 rings (SSSR count). The Labute approximate surface area is 123 Å². The van der Waals surface area contributed by atoms with Crippen molar-refractivity contribution in [3.63, 3.8) is 0 Å². The van der Waals surface area contributed by atoms with Crippen molar-refractivity contribution in [1.29, 1.82) is 0 Å². The maximum absolute atomic E-state index is 13.5. The van der Waals surface area contributed by atoms with E-state index in [1.54, 1.807) is 0 Å². The van der Waals surface area contributed by atoms with Gasteiger partial charge in [-0.05, 0) is 62.3 Å². The topological polar surface area (TPSA) is 64.9 Å². The summed E-state index contributed by atoms with van der Waals surface area (Å²) in [6, 6.07) is 4.69. The Morgan fingerprint density at radius 2 is 2.00 bits per heavy atom. The molecule has 0 bridgehead atoms. The fourth-order valence-electron chi connectivity index (χ4n) is 2.90. The molecule has 112 valence electrons. The molecule has 0 unspecified atom stereocenters. The molecule has 1 heterocycles. The fraction of sp³-hybridized carbons (Fsp3) is 0.500. The molecule has 1 saturated carbocycles. The summed E-state index contributed by atoms with van der Waals surface area (Å²) in [5, 5.41) is 4.04. The zero-order chi connectivity index (χ0) is 15.0. The number of aromatic nitrogens is 2. The Kier molecular flexibility index (Phi) is 3.53. The lowest BCUT2D eigenvalue weighted by atomic mass is 9.77. The van der Waals surface area contributed by atoms with E-state index >= 15 is 0 Å². The fourth-order valence-corrected chi connectivity index (χ4v) is 2.90. The molecule has 1 aliphatic rings. The van der Waals surface area contributed by atoms with Crippen molar-refractivity contribution < 1.29 is 8.91 Å². The normalized spacial score (nSPS) is 26.0. The van der Waals surface area contributed by atoms with Crippen LogP contribution in [0.3, 0.4) is 0 Å². The van der Waals surface area contributed by atoms with Gasteiger partial charge in [-0.25, -0.2) is 4.39 Å². The van der Waals surface area contributed by atoms with Crippen LogP contribution < -0.4 is 5.73 Å². The van der Waals surface area contributed by atoms with Crippen LogP contribution in [0.1, 0.15) is 44.0 Å². The van der Waals surface area contributed by atoms with E-state index in [-0.39, 0.29) is 5.82 Å². The van der Waals surface area contributed by atoms with E-state index in [1.165, 1.54) is 12.1 Å². The Hall–Kier alpha value is -1.75. The van der Waals surface area contributed by atoms with Crippen LogP contribution in [0.15, 0.2) is 22.7 Å². The Morgan fingerprint density at radius 3 is 2.67 bits per heavy atom. The van der Waals surface area contributed by atoms with Crippen molar-refractivity contribution in [2.75, 3.05) is 0 Å². The van der Waals surface area contributed by atoms with Crippen LogP contribution in [0, 0.1) is 18.7 Å². The largest absolute Gasteiger partial charge is 0.334 e. The monoisotopic (exact) mass is 289 g/mol. The van der Waals surface area contributed by atoms with Crippen LogP contribution in [0.25, 0.3) is 11.5 Å². The number of aryl methyl sites for hydroxylation is 1. The lowest BCUT2D eigenvalue weighted by Crippen LogP contribution is -2.41. The van der Waals surface area contributed by atoms with Gasteiger partial charge in [0.25, 0.3) is 5.89 Å². The Bertz CT molecular complexity index is 624. The Morgan fingerprint density at radius 1 is 1.29 bits per heavy atom. The number of nitrogens with two attached hydrogens (primary N) is 1. The van der Waals surface area contributed by atoms with Gasteiger partial charge in [-0.15, -0.1) is 0 Å². The second-order valence-corrected chi connectivity index (χ2v) is 6.28. The predicted octanol–water partition coefficient (Wildman–Crippen LogP) is 3.55. The summed E-state index contributed by atoms with van der Waals surface area (Å²) < 4.78 is 18.8. The van der Waals surface area contributed by atoms with Gasteiger partial charge in [0.2, 0.25) is 0 Å². The minimum absolute atomic E-state index is 0.307. The minimum atomic E-state index is -0.517. The van der Waals surface area contributed by atoms with Gasteiger partial charge in [0.15, 0.2) is 5.82 Å². The summed E-state index contributed by atoms with van der Waals surface area (Å²) in [6.45, 7) is 4.06. The van der Waals surface area contributed by atoms with Crippen molar-refractivity contribution in [2.45, 2.75) is 45.1 Å². The third-order valence-electron chi connectivity index (χ3n) is 4.33. The molecule has 2 aromatic rings. The van der Waals surface area contributed by atoms with Crippen molar-refractivity contribution in [2.24, 2.45) is 11.7 Å². The van der Waals surface area contributed by atoms with Crippen molar-refractivity contribution in [3.8, 4) is 11.5 Å². The molecule has 0 radical (unpaired) electrons. The molecule has 0 aliphatic heterocycles. The maximum Gasteiger partial charge on any atom is 0.258 e. The highest BCUT2D eigenvalue weighted by molar-refractivity contribution is 5.54. The number of rotatable bonds is 2. The SMILES string of the molecule is Cc1cc(F)cc(-c2nc(C3(N)CCC(C)CC3)no2)c1. The van der Waals surface area contributed by atoms with Crippen molar-refractivity contribution >= 4 is 0 Å². The lowest BCUT2D eigenvalue weighted by molar-refractivity contribution is 0.230. The maximum atomic E-state index is 13.5. The summed E-state index contributed by atoms with van der Waals surface area (Å²) in [6.07, 6.45) is 3.85. The van der Waals surface area contributed by atoms with Crippen molar-refractivity contribution in [1.82, 2.24) is 10.1 Å². The van der Waals surface area contributed by atoms with E-state index in [9.17, 15) is 4.39 Å². The van der Waals surface area contributed by atoms with E-state index in [0.29, 0.717) is 23.2 Å². The van der Waals surface area contributed by atoms with E-state index in [0.717, 1.165) is 31.2 Å². The molecule has 1 aliphatic carbocycles. The van der Waals surface area contributed by atoms with Gasteiger partial charge in [-0.2, -0.15) is 4.98 Å². The first-order valence-electron chi connectivity index (χ1n) is 7.37. The summed E-state index contributed by atoms with van der Waals surface area (Å²) >= 11 is 0. The first-order chi connectivity index (χ1) is 9.96. The van der Waals surface area contributed by atoms with Crippen LogP contribution in [0.2, 0.25) is 0 Å². The van der Waals surface area contributed by atoms with Gasteiger partial charge in [0.1, 0.15) is 5.82 Å². The molecule has 0 spiro atoms. The van der Waals surface area contributed by atoms with Gasteiger partial charge in [-0.3, -0.25) is 0 Å². The summed E-state index contributed by atoms with van der Waals surface area (Å²) in [4.78, 5) is 4.41. The number of nitrogens with zero attached hydrogens (tertiary/aromatic N) is 2. The molecular formula is C16H20FN3O.